The highest BCUT2D eigenvalue weighted by atomic mass is 35.5. The van der Waals surface area contributed by atoms with E-state index in [1.165, 1.54) is 6.07 Å². The minimum absolute atomic E-state index is 0.0143. The number of nitrogens with zero attached hydrogens (tertiary/aromatic N) is 2. The van der Waals surface area contributed by atoms with Crippen molar-refractivity contribution >= 4 is 46.2 Å². The van der Waals surface area contributed by atoms with E-state index in [-0.39, 0.29) is 32.2 Å². The first kappa shape index (κ1) is 15.9. The number of anilines is 1. The molecule has 112 valence electrons. The van der Waals surface area contributed by atoms with E-state index in [1.54, 1.807) is 0 Å². The number of halogens is 5. The quantitative estimate of drug-likeness (QED) is 0.810. The summed E-state index contributed by atoms with van der Waals surface area (Å²) in [5, 5.41) is 3.47. The van der Waals surface area contributed by atoms with Crippen LogP contribution in [0.1, 0.15) is 11.3 Å². The van der Waals surface area contributed by atoms with Crippen LogP contribution in [0.2, 0.25) is 10.0 Å². The molecule has 2 aromatic rings. The van der Waals surface area contributed by atoms with Gasteiger partial charge in [-0.3, -0.25) is 0 Å². The van der Waals surface area contributed by atoms with E-state index in [1.807, 2.05) is 0 Å². The summed E-state index contributed by atoms with van der Waals surface area (Å²) < 4.78 is 39.1. The zero-order valence-corrected chi connectivity index (χ0v) is 12.4. The Hall–Kier alpha value is -1.51. The van der Waals surface area contributed by atoms with Gasteiger partial charge in [0.25, 0.3) is 0 Å². The number of thiocarbonyl (C=S) groups is 1. The van der Waals surface area contributed by atoms with Crippen molar-refractivity contribution in [2.75, 3.05) is 5.73 Å². The third-order valence-corrected chi connectivity index (χ3v) is 3.33. The second-order valence-electron chi connectivity index (χ2n) is 4.02. The lowest BCUT2D eigenvalue weighted by Crippen LogP contribution is -2.11. The first-order chi connectivity index (χ1) is 9.61. The van der Waals surface area contributed by atoms with Gasteiger partial charge in [-0.15, -0.1) is 0 Å². The Balaban J connectivity index is 2.63. The molecule has 1 heterocycles. The number of benzene rings is 1. The number of aromatic nitrogens is 2. The molecule has 2 rings (SSSR count). The van der Waals surface area contributed by atoms with Crippen LogP contribution in [0.25, 0.3) is 5.69 Å². The fourth-order valence-electron chi connectivity index (χ4n) is 1.63. The molecule has 0 saturated carbocycles. The summed E-state index contributed by atoms with van der Waals surface area (Å²) in [7, 11) is 0. The summed E-state index contributed by atoms with van der Waals surface area (Å²) >= 11 is 16.5. The number of hydrogen-bond acceptors (Lipinski definition) is 3. The van der Waals surface area contributed by atoms with Gasteiger partial charge in [0.05, 0.1) is 15.6 Å². The lowest BCUT2D eigenvalue weighted by Gasteiger charge is -2.13. The fourth-order valence-corrected chi connectivity index (χ4v) is 2.37. The molecule has 21 heavy (non-hydrogen) atoms. The molecule has 0 bridgehead atoms. The third-order valence-electron chi connectivity index (χ3n) is 2.55. The summed E-state index contributed by atoms with van der Waals surface area (Å²) in [4.78, 5) is -0.0143. The van der Waals surface area contributed by atoms with E-state index in [2.05, 4.69) is 5.10 Å². The summed E-state index contributed by atoms with van der Waals surface area (Å²) in [6, 6.07) is 2.85. The molecule has 1 aromatic carbocycles. The van der Waals surface area contributed by atoms with Crippen molar-refractivity contribution < 1.29 is 13.2 Å². The number of alkyl halides is 3. The average molecular weight is 355 g/mol. The Morgan fingerprint density at radius 3 is 2.10 bits per heavy atom. The van der Waals surface area contributed by atoms with Crippen LogP contribution < -0.4 is 11.5 Å². The number of nitrogen functional groups attached to an aromatic ring is 1. The van der Waals surface area contributed by atoms with Crippen LogP contribution in [0.4, 0.5) is 19.0 Å². The van der Waals surface area contributed by atoms with E-state index < -0.39 is 11.7 Å². The van der Waals surface area contributed by atoms with Gasteiger partial charge in [0.15, 0.2) is 0 Å². The standard InChI is InChI=1S/C11H7Cl2F3N4S/c12-5-1-4(11(14,15)16)2-6(13)9(5)20-8(17)3-7(19-20)10(18)21/h1-3H,17H2,(H2,18,21). The van der Waals surface area contributed by atoms with Crippen molar-refractivity contribution in [3.05, 3.63) is 39.5 Å². The minimum atomic E-state index is -4.56. The normalized spacial score (nSPS) is 11.7. The molecule has 0 atom stereocenters. The van der Waals surface area contributed by atoms with Gasteiger partial charge >= 0.3 is 6.18 Å². The van der Waals surface area contributed by atoms with Gasteiger partial charge < -0.3 is 11.5 Å². The Kier molecular flexibility index (Phi) is 4.05. The van der Waals surface area contributed by atoms with Crippen LogP contribution >= 0.6 is 35.4 Å². The molecule has 0 radical (unpaired) electrons. The maximum absolute atomic E-state index is 12.7. The molecular weight excluding hydrogens is 348 g/mol. The van der Waals surface area contributed by atoms with Crippen molar-refractivity contribution in [1.82, 2.24) is 9.78 Å². The number of rotatable bonds is 2. The lowest BCUT2D eigenvalue weighted by atomic mass is 10.2. The largest absolute Gasteiger partial charge is 0.416 e. The van der Waals surface area contributed by atoms with Gasteiger partial charge in [0.2, 0.25) is 0 Å². The Labute approximate surface area is 132 Å². The Bertz CT molecular complexity index is 704. The number of nitrogens with two attached hydrogens (primary N) is 2. The summed E-state index contributed by atoms with van der Waals surface area (Å²) in [6.07, 6.45) is -4.56. The first-order valence-corrected chi connectivity index (χ1v) is 6.49. The lowest BCUT2D eigenvalue weighted by molar-refractivity contribution is -0.137. The molecule has 0 amide bonds. The Morgan fingerprint density at radius 1 is 1.19 bits per heavy atom. The van der Waals surface area contributed by atoms with Gasteiger partial charge in [-0.25, -0.2) is 4.68 Å². The molecule has 4 nitrogen and oxygen atoms in total. The van der Waals surface area contributed by atoms with E-state index >= 15 is 0 Å². The summed E-state index contributed by atoms with van der Waals surface area (Å²) in [5.41, 5.74) is 10.4. The zero-order chi connectivity index (χ0) is 15.9. The van der Waals surface area contributed by atoms with Crippen molar-refractivity contribution in [3.63, 3.8) is 0 Å². The maximum Gasteiger partial charge on any atom is 0.416 e. The highest BCUT2D eigenvalue weighted by Gasteiger charge is 2.32. The highest BCUT2D eigenvalue weighted by Crippen LogP contribution is 2.38. The predicted octanol–water partition coefficient (Wildman–Crippen LogP) is 3.41. The fraction of sp³-hybridized carbons (Fsp3) is 0.0909. The van der Waals surface area contributed by atoms with Crippen molar-refractivity contribution in [1.29, 1.82) is 0 Å². The van der Waals surface area contributed by atoms with Crippen LogP contribution in [0.5, 0.6) is 0 Å². The zero-order valence-electron chi connectivity index (χ0n) is 10.1. The van der Waals surface area contributed by atoms with Gasteiger partial charge in [-0.1, -0.05) is 35.4 Å². The van der Waals surface area contributed by atoms with Gasteiger partial charge in [-0.05, 0) is 12.1 Å². The van der Waals surface area contributed by atoms with Crippen LogP contribution in [-0.4, -0.2) is 14.8 Å². The van der Waals surface area contributed by atoms with E-state index in [0.29, 0.717) is 0 Å². The van der Waals surface area contributed by atoms with Crippen molar-refractivity contribution in [3.8, 4) is 5.69 Å². The summed E-state index contributed by atoms with van der Waals surface area (Å²) in [6.45, 7) is 0. The van der Waals surface area contributed by atoms with E-state index in [4.69, 9.17) is 46.9 Å². The van der Waals surface area contributed by atoms with E-state index in [9.17, 15) is 13.2 Å². The molecule has 0 aliphatic carbocycles. The molecule has 10 heteroatoms. The number of hydrogen-bond donors (Lipinski definition) is 2. The maximum atomic E-state index is 12.7. The van der Waals surface area contributed by atoms with Crippen molar-refractivity contribution in [2.24, 2.45) is 5.73 Å². The van der Waals surface area contributed by atoms with Gasteiger partial charge in [0.1, 0.15) is 22.2 Å². The third kappa shape index (κ3) is 3.07. The molecule has 0 saturated heterocycles. The molecule has 0 aliphatic heterocycles. The van der Waals surface area contributed by atoms with Gasteiger partial charge in [-0.2, -0.15) is 18.3 Å². The average Bonchev–Trinajstić information content (AvgIpc) is 2.69. The smallest absolute Gasteiger partial charge is 0.388 e. The molecule has 0 spiro atoms. The minimum Gasteiger partial charge on any atom is -0.388 e. The van der Waals surface area contributed by atoms with Crippen LogP contribution in [0.15, 0.2) is 18.2 Å². The van der Waals surface area contributed by atoms with Gasteiger partial charge in [0, 0.05) is 6.07 Å². The highest BCUT2D eigenvalue weighted by molar-refractivity contribution is 7.80. The first-order valence-electron chi connectivity index (χ1n) is 5.33. The van der Waals surface area contributed by atoms with Crippen molar-refractivity contribution in [2.45, 2.75) is 6.18 Å². The topological polar surface area (TPSA) is 69.9 Å². The van der Waals surface area contributed by atoms with Crippen LogP contribution in [-0.2, 0) is 6.18 Å². The molecule has 0 unspecified atom stereocenters. The predicted molar refractivity (Wildman–Crippen MR) is 78.9 cm³/mol. The second-order valence-corrected chi connectivity index (χ2v) is 5.27. The second kappa shape index (κ2) is 5.36. The molecule has 0 fully saturated rings. The Morgan fingerprint density at radius 2 is 1.71 bits per heavy atom. The van der Waals surface area contributed by atoms with Crippen LogP contribution in [0.3, 0.4) is 0 Å². The summed E-state index contributed by atoms with van der Waals surface area (Å²) in [5.74, 6) is 0.0846. The monoisotopic (exact) mass is 354 g/mol. The molecule has 1 aromatic heterocycles. The molecular formula is C11H7Cl2F3N4S. The van der Waals surface area contributed by atoms with Crippen LogP contribution in [0, 0.1) is 0 Å². The SMILES string of the molecule is NC(=S)c1cc(N)n(-c2c(Cl)cc(C(F)(F)F)cc2Cl)n1. The molecule has 0 aliphatic rings. The molecule has 4 N–H and O–H groups in total. The van der Waals surface area contributed by atoms with E-state index in [0.717, 1.165) is 16.8 Å².